The van der Waals surface area contributed by atoms with Crippen LogP contribution in [0.3, 0.4) is 0 Å². The molecule has 0 spiro atoms. The average Bonchev–Trinajstić information content (AvgIpc) is 3.23. The number of pyridine rings is 1. The third kappa shape index (κ3) is 2.83. The summed E-state index contributed by atoms with van der Waals surface area (Å²) in [6.07, 6.45) is 10.2. The van der Waals surface area contributed by atoms with Crippen LogP contribution in [0.2, 0.25) is 0 Å². The predicted molar refractivity (Wildman–Crippen MR) is 102 cm³/mol. The Morgan fingerprint density at radius 1 is 1.04 bits per heavy atom. The van der Waals surface area contributed by atoms with Crippen LogP contribution in [0.1, 0.15) is 37.7 Å². The smallest absolute Gasteiger partial charge is 0.223 e. The Morgan fingerprint density at radius 2 is 1.92 bits per heavy atom. The number of fused-ring (bicyclic) bond motifs is 3. The van der Waals surface area contributed by atoms with E-state index in [4.69, 9.17) is 9.72 Å². The summed E-state index contributed by atoms with van der Waals surface area (Å²) in [7, 11) is 0. The molecule has 0 bridgehead atoms. The van der Waals surface area contributed by atoms with E-state index >= 15 is 0 Å². The van der Waals surface area contributed by atoms with Crippen LogP contribution in [0, 0.1) is 0 Å². The summed E-state index contributed by atoms with van der Waals surface area (Å²) in [6, 6.07) is 13.0. The fraction of sp³-hybridized carbons (Fsp3) is 0.333. The third-order valence-electron chi connectivity index (χ3n) is 5.33. The van der Waals surface area contributed by atoms with Gasteiger partial charge in [-0.2, -0.15) is 10.1 Å². The highest BCUT2D eigenvalue weighted by atomic mass is 16.5. The van der Waals surface area contributed by atoms with Crippen molar-refractivity contribution in [1.82, 2.24) is 14.8 Å². The van der Waals surface area contributed by atoms with E-state index in [9.17, 15) is 0 Å². The van der Waals surface area contributed by atoms with Gasteiger partial charge in [0.2, 0.25) is 5.88 Å². The summed E-state index contributed by atoms with van der Waals surface area (Å²) >= 11 is 0. The molecule has 1 aromatic carbocycles. The Bertz CT molecular complexity index is 914. The summed E-state index contributed by atoms with van der Waals surface area (Å²) in [5, 5.41) is 7.88. The molecule has 1 saturated carbocycles. The molecular formula is C21H22N4O. The summed E-state index contributed by atoms with van der Waals surface area (Å²) in [4.78, 5) is 4.73. The average molecular weight is 346 g/mol. The van der Waals surface area contributed by atoms with Gasteiger partial charge in [-0.25, -0.2) is 4.68 Å². The van der Waals surface area contributed by atoms with Crippen molar-refractivity contribution in [3.8, 4) is 22.7 Å². The fourth-order valence-corrected chi connectivity index (χ4v) is 3.96. The number of hydrogen-bond acceptors (Lipinski definition) is 4. The number of benzene rings is 1. The molecule has 132 valence electrons. The highest BCUT2D eigenvalue weighted by Gasteiger charge is 2.21. The molecule has 1 fully saturated rings. The Kier molecular flexibility index (Phi) is 3.85. The van der Waals surface area contributed by atoms with E-state index in [0.29, 0.717) is 12.6 Å². The lowest BCUT2D eigenvalue weighted by Gasteiger charge is -2.25. The molecule has 1 aliphatic heterocycles. The van der Waals surface area contributed by atoms with Crippen molar-refractivity contribution < 1.29 is 4.74 Å². The van der Waals surface area contributed by atoms with E-state index < -0.39 is 0 Å². The van der Waals surface area contributed by atoms with Crippen molar-refractivity contribution in [2.75, 3.05) is 5.32 Å². The van der Waals surface area contributed by atoms with E-state index in [1.165, 1.54) is 43.2 Å². The fourth-order valence-electron chi connectivity index (χ4n) is 3.96. The van der Waals surface area contributed by atoms with Crippen LogP contribution < -0.4 is 10.1 Å². The molecule has 0 saturated heterocycles. The minimum Gasteiger partial charge on any atom is -0.472 e. The molecule has 5 rings (SSSR count). The predicted octanol–water partition coefficient (Wildman–Crippen LogP) is 4.57. The van der Waals surface area contributed by atoms with Gasteiger partial charge in [-0.15, -0.1) is 0 Å². The van der Waals surface area contributed by atoms with Gasteiger partial charge in [-0.3, -0.25) is 0 Å². The number of ether oxygens (including phenoxy) is 1. The summed E-state index contributed by atoms with van der Waals surface area (Å²) < 4.78 is 7.84. The van der Waals surface area contributed by atoms with Crippen LogP contribution in [0.5, 0.6) is 5.88 Å². The first-order chi connectivity index (χ1) is 12.9. The van der Waals surface area contributed by atoms with Crippen molar-refractivity contribution in [1.29, 1.82) is 0 Å². The first-order valence-electron chi connectivity index (χ1n) is 9.40. The second kappa shape index (κ2) is 6.48. The SMILES string of the molecule is c1cnn(-c2ccc3c(c2)COc2nc(NC4CCCCC4)ccc2-3)c1. The molecule has 3 heterocycles. The molecule has 2 aromatic heterocycles. The van der Waals surface area contributed by atoms with Crippen molar-refractivity contribution >= 4 is 5.82 Å². The molecule has 1 aliphatic carbocycles. The van der Waals surface area contributed by atoms with Gasteiger partial charge < -0.3 is 10.1 Å². The van der Waals surface area contributed by atoms with Crippen LogP contribution in [0.15, 0.2) is 48.8 Å². The number of nitrogens with zero attached hydrogens (tertiary/aromatic N) is 3. The number of rotatable bonds is 3. The van der Waals surface area contributed by atoms with Gasteiger partial charge in [-0.05, 0) is 54.3 Å². The van der Waals surface area contributed by atoms with Crippen molar-refractivity contribution in [2.24, 2.45) is 0 Å². The monoisotopic (exact) mass is 346 g/mol. The van der Waals surface area contributed by atoms with Crippen LogP contribution in [0.25, 0.3) is 16.8 Å². The van der Waals surface area contributed by atoms with Crippen LogP contribution in [0.4, 0.5) is 5.82 Å². The second-order valence-corrected chi connectivity index (χ2v) is 7.11. The van der Waals surface area contributed by atoms with E-state index in [1.54, 1.807) is 6.20 Å². The van der Waals surface area contributed by atoms with Crippen molar-refractivity contribution in [3.05, 3.63) is 54.4 Å². The van der Waals surface area contributed by atoms with Gasteiger partial charge in [0, 0.05) is 24.0 Å². The number of aromatic nitrogens is 3. The maximum Gasteiger partial charge on any atom is 0.223 e. The minimum absolute atomic E-state index is 0.539. The molecule has 2 aliphatic rings. The van der Waals surface area contributed by atoms with Gasteiger partial charge in [0.15, 0.2) is 0 Å². The molecule has 0 amide bonds. The van der Waals surface area contributed by atoms with Crippen LogP contribution in [-0.4, -0.2) is 20.8 Å². The zero-order valence-corrected chi connectivity index (χ0v) is 14.7. The molecule has 5 heteroatoms. The lowest BCUT2D eigenvalue weighted by molar-refractivity contribution is 0.290. The van der Waals surface area contributed by atoms with Crippen molar-refractivity contribution in [3.63, 3.8) is 0 Å². The summed E-state index contributed by atoms with van der Waals surface area (Å²) in [5.41, 5.74) is 4.47. The molecule has 3 aromatic rings. The summed E-state index contributed by atoms with van der Waals surface area (Å²) in [6.45, 7) is 0.539. The zero-order chi connectivity index (χ0) is 17.3. The lowest BCUT2D eigenvalue weighted by atomic mass is 9.95. The molecule has 0 unspecified atom stereocenters. The maximum atomic E-state index is 5.97. The molecule has 0 atom stereocenters. The molecule has 26 heavy (non-hydrogen) atoms. The van der Waals surface area contributed by atoms with E-state index in [1.807, 2.05) is 16.9 Å². The van der Waals surface area contributed by atoms with Crippen LogP contribution in [-0.2, 0) is 6.61 Å². The molecular weight excluding hydrogens is 324 g/mol. The number of nitrogens with one attached hydrogen (secondary N) is 1. The molecule has 0 radical (unpaired) electrons. The Labute approximate surface area is 153 Å². The third-order valence-corrected chi connectivity index (χ3v) is 5.33. The zero-order valence-electron chi connectivity index (χ0n) is 14.7. The van der Waals surface area contributed by atoms with Gasteiger partial charge in [-0.1, -0.05) is 25.3 Å². The number of hydrogen-bond donors (Lipinski definition) is 1. The van der Waals surface area contributed by atoms with Gasteiger partial charge in [0.05, 0.1) is 5.69 Å². The first kappa shape index (κ1) is 15.4. The largest absolute Gasteiger partial charge is 0.472 e. The topological polar surface area (TPSA) is 52.0 Å². The van der Waals surface area contributed by atoms with Gasteiger partial charge in [0.1, 0.15) is 12.4 Å². The Morgan fingerprint density at radius 3 is 2.77 bits per heavy atom. The van der Waals surface area contributed by atoms with E-state index in [0.717, 1.165) is 22.9 Å². The van der Waals surface area contributed by atoms with E-state index in [-0.39, 0.29) is 0 Å². The van der Waals surface area contributed by atoms with E-state index in [2.05, 4.69) is 40.7 Å². The standard InChI is InChI=1S/C21H22N4O/c1-2-5-16(6-3-1)23-20-10-9-19-18-8-7-17(25-12-4-11-22-25)13-15(18)14-26-21(19)24-20/h4,7-13,16H,1-3,5-6,14H2,(H,23,24). The Hall–Kier alpha value is -2.82. The van der Waals surface area contributed by atoms with Crippen molar-refractivity contribution in [2.45, 2.75) is 44.8 Å². The normalized spacial score (nSPS) is 16.5. The van der Waals surface area contributed by atoms with Gasteiger partial charge in [0.25, 0.3) is 0 Å². The first-order valence-corrected chi connectivity index (χ1v) is 9.40. The molecule has 1 N–H and O–H groups in total. The second-order valence-electron chi connectivity index (χ2n) is 7.11. The quantitative estimate of drug-likeness (QED) is 0.755. The molecule has 5 nitrogen and oxygen atoms in total. The summed E-state index contributed by atoms with van der Waals surface area (Å²) in [5.74, 6) is 1.65. The Balaban J connectivity index is 1.43. The van der Waals surface area contributed by atoms with Crippen LogP contribution >= 0.6 is 0 Å². The van der Waals surface area contributed by atoms with Gasteiger partial charge >= 0.3 is 0 Å². The highest BCUT2D eigenvalue weighted by Crippen LogP contribution is 2.38. The number of anilines is 1. The highest BCUT2D eigenvalue weighted by molar-refractivity contribution is 5.75. The minimum atomic E-state index is 0.539. The maximum absolute atomic E-state index is 5.97. The lowest BCUT2D eigenvalue weighted by Crippen LogP contribution is -2.23.